The van der Waals surface area contributed by atoms with Crippen LogP contribution < -0.4 is 0 Å². The van der Waals surface area contributed by atoms with Crippen molar-refractivity contribution in [1.82, 2.24) is 9.80 Å². The molecule has 2 amide bonds. The highest BCUT2D eigenvalue weighted by molar-refractivity contribution is 5.99. The van der Waals surface area contributed by atoms with E-state index in [4.69, 9.17) is 9.47 Å². The standard InChI is InChI=1S/C26H36N2O6/c1-16(2)18(15-29)28-22-24(31)27(17-9-4-3-5-10-17)13-8-12-26(22)21(23(28)30)20-19(34-26)11-6-7-14-33-25(20)32/h6,8,11-12,16-22,29H,3-5,7,9-10,13-15H2,1-2H3/t18-,19-,20+,21-,22?,26-/m0/s1. The number of hydrogen-bond acceptors (Lipinski definition) is 6. The lowest BCUT2D eigenvalue weighted by molar-refractivity contribution is -0.157. The Morgan fingerprint density at radius 2 is 1.88 bits per heavy atom. The van der Waals surface area contributed by atoms with E-state index in [0.717, 1.165) is 25.7 Å². The molecule has 3 fully saturated rings. The van der Waals surface area contributed by atoms with E-state index in [9.17, 15) is 19.5 Å². The highest BCUT2D eigenvalue weighted by Crippen LogP contribution is 2.54. The fourth-order valence-electron chi connectivity index (χ4n) is 6.76. The molecule has 1 unspecified atom stereocenters. The van der Waals surface area contributed by atoms with Gasteiger partial charge in [-0.05, 0) is 25.2 Å². The highest BCUT2D eigenvalue weighted by atomic mass is 16.6. The van der Waals surface area contributed by atoms with Gasteiger partial charge in [0.1, 0.15) is 17.6 Å². The van der Waals surface area contributed by atoms with Crippen LogP contribution in [-0.2, 0) is 23.9 Å². The molecule has 0 bridgehead atoms. The Morgan fingerprint density at radius 1 is 1.12 bits per heavy atom. The van der Waals surface area contributed by atoms with Crippen molar-refractivity contribution in [3.8, 4) is 0 Å². The van der Waals surface area contributed by atoms with Gasteiger partial charge in [0, 0.05) is 12.6 Å². The van der Waals surface area contributed by atoms with Crippen LogP contribution in [-0.4, -0.2) is 82.3 Å². The normalized spacial score (nSPS) is 37.1. The average molecular weight is 473 g/mol. The van der Waals surface area contributed by atoms with Crippen molar-refractivity contribution < 1.29 is 29.0 Å². The van der Waals surface area contributed by atoms with E-state index in [-0.39, 0.29) is 37.0 Å². The molecule has 0 aromatic carbocycles. The third-order valence-electron chi connectivity index (χ3n) is 8.42. The molecule has 34 heavy (non-hydrogen) atoms. The first-order valence-electron chi connectivity index (χ1n) is 12.8. The van der Waals surface area contributed by atoms with Gasteiger partial charge in [0.25, 0.3) is 0 Å². The zero-order valence-electron chi connectivity index (χ0n) is 20.1. The lowest BCUT2D eigenvalue weighted by Crippen LogP contribution is -2.60. The number of rotatable bonds is 4. The molecule has 1 spiro atoms. The highest BCUT2D eigenvalue weighted by Gasteiger charge is 2.72. The van der Waals surface area contributed by atoms with Crippen LogP contribution in [0.15, 0.2) is 24.3 Å². The molecule has 1 aliphatic carbocycles. The van der Waals surface area contributed by atoms with Crippen LogP contribution in [0.2, 0.25) is 0 Å². The molecule has 4 aliphatic heterocycles. The minimum atomic E-state index is -1.26. The van der Waals surface area contributed by atoms with E-state index < -0.39 is 41.6 Å². The molecular weight excluding hydrogens is 436 g/mol. The Bertz CT molecular complexity index is 894. The monoisotopic (exact) mass is 472 g/mol. The summed E-state index contributed by atoms with van der Waals surface area (Å²) in [5.41, 5.74) is -1.26. The van der Waals surface area contributed by atoms with Crippen molar-refractivity contribution >= 4 is 17.8 Å². The number of ether oxygens (including phenoxy) is 2. The summed E-state index contributed by atoms with van der Waals surface area (Å²) in [6.45, 7) is 4.32. The predicted octanol–water partition coefficient (Wildman–Crippen LogP) is 1.82. The first-order valence-corrected chi connectivity index (χ1v) is 12.8. The summed E-state index contributed by atoms with van der Waals surface area (Å²) in [6, 6.07) is -1.34. The van der Waals surface area contributed by atoms with Crippen LogP contribution in [0.5, 0.6) is 0 Å². The maximum atomic E-state index is 14.3. The number of hydrogen-bond donors (Lipinski definition) is 1. The molecule has 1 N–H and O–H groups in total. The van der Waals surface area contributed by atoms with Gasteiger partial charge in [0.2, 0.25) is 11.8 Å². The molecular formula is C26H36N2O6. The molecule has 5 rings (SSSR count). The molecule has 0 radical (unpaired) electrons. The van der Waals surface area contributed by atoms with Crippen LogP contribution >= 0.6 is 0 Å². The fourth-order valence-corrected chi connectivity index (χ4v) is 6.76. The van der Waals surface area contributed by atoms with Crippen molar-refractivity contribution in [2.24, 2.45) is 17.8 Å². The van der Waals surface area contributed by atoms with Gasteiger partial charge in [0.15, 0.2) is 0 Å². The van der Waals surface area contributed by atoms with Crippen molar-refractivity contribution in [2.45, 2.75) is 82.2 Å². The number of nitrogens with zero attached hydrogens (tertiary/aromatic N) is 2. The van der Waals surface area contributed by atoms with E-state index in [1.165, 1.54) is 6.42 Å². The predicted molar refractivity (Wildman–Crippen MR) is 123 cm³/mol. The molecule has 0 aromatic heterocycles. The molecule has 8 nitrogen and oxygen atoms in total. The number of cyclic esters (lactones) is 1. The van der Waals surface area contributed by atoms with E-state index in [1.807, 2.05) is 43.1 Å². The largest absolute Gasteiger partial charge is 0.465 e. The zero-order chi connectivity index (χ0) is 24.0. The lowest BCUT2D eigenvalue weighted by Gasteiger charge is -2.42. The molecule has 6 atom stereocenters. The summed E-state index contributed by atoms with van der Waals surface area (Å²) < 4.78 is 12.0. The van der Waals surface area contributed by atoms with Crippen molar-refractivity contribution in [1.29, 1.82) is 0 Å². The maximum absolute atomic E-state index is 14.3. The number of aliphatic hydroxyl groups excluding tert-OH is 1. The molecule has 5 aliphatic rings. The quantitative estimate of drug-likeness (QED) is 0.495. The fraction of sp³-hybridized carbons (Fsp3) is 0.731. The van der Waals surface area contributed by atoms with Gasteiger partial charge >= 0.3 is 5.97 Å². The van der Waals surface area contributed by atoms with Gasteiger partial charge in [-0.3, -0.25) is 14.4 Å². The summed E-state index contributed by atoms with van der Waals surface area (Å²) in [4.78, 5) is 44.9. The van der Waals surface area contributed by atoms with Crippen molar-refractivity contribution in [2.75, 3.05) is 19.8 Å². The number of aliphatic hydroxyl groups is 1. The number of carbonyl (C=O) groups is 3. The Kier molecular flexibility index (Phi) is 6.31. The van der Waals surface area contributed by atoms with E-state index in [2.05, 4.69) is 0 Å². The minimum Gasteiger partial charge on any atom is -0.465 e. The van der Waals surface area contributed by atoms with Gasteiger partial charge in [-0.15, -0.1) is 0 Å². The number of carbonyl (C=O) groups excluding carboxylic acids is 3. The smallest absolute Gasteiger partial charge is 0.312 e. The van der Waals surface area contributed by atoms with E-state index in [0.29, 0.717) is 13.0 Å². The Labute approximate surface area is 200 Å². The average Bonchev–Trinajstić information content (AvgIpc) is 3.19. The van der Waals surface area contributed by atoms with Crippen molar-refractivity contribution in [3.05, 3.63) is 24.3 Å². The molecule has 8 heteroatoms. The molecule has 0 aromatic rings. The number of likely N-dealkylation sites (tertiary alicyclic amines) is 1. The van der Waals surface area contributed by atoms with Gasteiger partial charge in [-0.2, -0.15) is 0 Å². The van der Waals surface area contributed by atoms with Crippen LogP contribution in [0.3, 0.4) is 0 Å². The summed E-state index contributed by atoms with van der Waals surface area (Å²) in [5, 5.41) is 10.3. The first kappa shape index (κ1) is 23.5. The zero-order valence-corrected chi connectivity index (χ0v) is 20.1. The summed E-state index contributed by atoms with van der Waals surface area (Å²) in [7, 11) is 0. The lowest BCUT2D eigenvalue weighted by atomic mass is 9.77. The van der Waals surface area contributed by atoms with Crippen molar-refractivity contribution in [3.63, 3.8) is 0 Å². The second-order valence-corrected chi connectivity index (χ2v) is 10.7. The van der Waals surface area contributed by atoms with Gasteiger partial charge in [-0.25, -0.2) is 0 Å². The third-order valence-corrected chi connectivity index (χ3v) is 8.42. The van der Waals surface area contributed by atoms with Crippen LogP contribution in [0.4, 0.5) is 0 Å². The Balaban J connectivity index is 1.62. The van der Waals surface area contributed by atoms with Crippen LogP contribution in [0.25, 0.3) is 0 Å². The second-order valence-electron chi connectivity index (χ2n) is 10.7. The van der Waals surface area contributed by atoms with E-state index in [1.54, 1.807) is 4.90 Å². The minimum absolute atomic E-state index is 0.0760. The van der Waals surface area contributed by atoms with Gasteiger partial charge in [0.05, 0.1) is 31.3 Å². The number of fused-ring (bicyclic) bond motifs is 2. The Hall–Kier alpha value is -2.19. The summed E-state index contributed by atoms with van der Waals surface area (Å²) >= 11 is 0. The SMILES string of the molecule is CC(C)[C@H](CO)N1C(=O)[C@@H]2[C@@H]3C(=O)OCCC=C[C@@H]3O[C@@]23C=CCN(C2CCCCC2)C(=O)C13. The maximum Gasteiger partial charge on any atom is 0.312 e. The second kappa shape index (κ2) is 9.11. The Morgan fingerprint density at radius 3 is 2.59 bits per heavy atom. The van der Waals surface area contributed by atoms with Gasteiger partial charge in [-0.1, -0.05) is 57.4 Å². The van der Waals surface area contributed by atoms with E-state index >= 15 is 0 Å². The molecule has 4 heterocycles. The number of esters is 1. The number of amides is 2. The molecule has 1 saturated carbocycles. The first-order chi connectivity index (χ1) is 16.4. The van der Waals surface area contributed by atoms with Crippen LogP contribution in [0.1, 0.15) is 52.4 Å². The summed E-state index contributed by atoms with van der Waals surface area (Å²) in [5.74, 6) is -2.66. The van der Waals surface area contributed by atoms with Gasteiger partial charge < -0.3 is 24.4 Å². The molecule has 186 valence electrons. The third kappa shape index (κ3) is 3.52. The summed E-state index contributed by atoms with van der Waals surface area (Å²) in [6.07, 6.45) is 12.8. The molecule has 2 saturated heterocycles. The van der Waals surface area contributed by atoms with Crippen LogP contribution in [0, 0.1) is 17.8 Å². The topological polar surface area (TPSA) is 96.4 Å².